The van der Waals surface area contributed by atoms with Gasteiger partial charge in [-0.15, -0.1) is 0 Å². The molecule has 0 fully saturated rings. The zero-order valence-corrected chi connectivity index (χ0v) is 12.4. The highest BCUT2D eigenvalue weighted by molar-refractivity contribution is 5.81. The molecule has 0 radical (unpaired) electrons. The summed E-state index contributed by atoms with van der Waals surface area (Å²) in [5.41, 5.74) is 3.25. The Hall–Kier alpha value is -2.62. The lowest BCUT2D eigenvalue weighted by atomic mass is 9.77. The van der Waals surface area contributed by atoms with Gasteiger partial charge in [-0.1, -0.05) is 54.6 Å². The van der Waals surface area contributed by atoms with E-state index in [0.29, 0.717) is 6.42 Å². The summed E-state index contributed by atoms with van der Waals surface area (Å²) < 4.78 is 6.80. The smallest absolute Gasteiger partial charge is 0.314 e. The molecule has 0 aliphatic heterocycles. The van der Waals surface area contributed by atoms with Gasteiger partial charge in [0.1, 0.15) is 0 Å². The molecule has 0 spiro atoms. The van der Waals surface area contributed by atoms with E-state index in [1.54, 1.807) is 19.1 Å². The van der Waals surface area contributed by atoms with E-state index in [0.717, 1.165) is 16.7 Å². The maximum Gasteiger partial charge on any atom is 0.314 e. The minimum atomic E-state index is -1.01. The fraction of sp³-hybridized carbons (Fsp3) is 0.222. The predicted molar refractivity (Wildman–Crippen MR) is 84.5 cm³/mol. The summed E-state index contributed by atoms with van der Waals surface area (Å²) in [5.74, 6) is -1.25. The first-order valence-electron chi connectivity index (χ1n) is 7.53. The fourth-order valence-corrected chi connectivity index (χ4v) is 2.48. The molecular weight excluding hydrogens is 278 g/mol. The third kappa shape index (κ3) is 3.52. The van der Waals surface area contributed by atoms with Crippen molar-refractivity contribution in [3.05, 3.63) is 71.3 Å². The van der Waals surface area contributed by atoms with Gasteiger partial charge < -0.3 is 10.8 Å². The lowest BCUT2D eigenvalue weighted by Gasteiger charge is -2.25. The number of carboxylic acid groups (broad SMARTS) is 1. The van der Waals surface area contributed by atoms with Crippen LogP contribution in [0.1, 0.15) is 23.6 Å². The number of rotatable bonds is 6. The average Bonchev–Trinajstić information content (AvgIpc) is 2.57. The summed E-state index contributed by atoms with van der Waals surface area (Å²) in [4.78, 5) is 23.0. The molecule has 4 heteroatoms. The number of primary amides is 1. The molecule has 114 valence electrons. The van der Waals surface area contributed by atoms with E-state index in [1.807, 2.05) is 48.2 Å². The van der Waals surface area contributed by atoms with Crippen LogP contribution in [0.3, 0.4) is 0 Å². The number of carbonyl (C=O) groups excluding carboxylic acids is 1. The van der Waals surface area contributed by atoms with E-state index in [2.05, 4.69) is 0 Å². The molecule has 0 aromatic heterocycles. The van der Waals surface area contributed by atoms with Gasteiger partial charge in [-0.2, -0.15) is 0 Å². The van der Waals surface area contributed by atoms with E-state index in [4.69, 9.17) is 1.41 Å². The molecule has 1 unspecified atom stereocenters. The second-order valence-electron chi connectivity index (χ2n) is 5.60. The minimum Gasteiger partial charge on any atom is -0.481 e. The molecule has 0 heterocycles. The topological polar surface area (TPSA) is 80.4 Å². The summed E-state index contributed by atoms with van der Waals surface area (Å²) >= 11 is 0. The van der Waals surface area contributed by atoms with Crippen LogP contribution in [0.4, 0.5) is 0 Å². The Morgan fingerprint density at radius 1 is 1.09 bits per heavy atom. The van der Waals surface area contributed by atoms with Gasteiger partial charge in [0.2, 0.25) is 5.91 Å². The molecule has 0 saturated carbocycles. The first-order chi connectivity index (χ1) is 11.0. The normalized spacial score (nSPS) is 13.8. The van der Waals surface area contributed by atoms with Crippen molar-refractivity contribution in [2.45, 2.75) is 25.2 Å². The van der Waals surface area contributed by atoms with Crippen LogP contribution in [-0.2, 0) is 27.8 Å². The third-order valence-electron chi connectivity index (χ3n) is 3.83. The van der Waals surface area contributed by atoms with E-state index in [1.165, 1.54) is 0 Å². The third-order valence-corrected chi connectivity index (χ3v) is 3.83. The summed E-state index contributed by atoms with van der Waals surface area (Å²) in [5, 5.41) is 9.68. The Morgan fingerprint density at radius 3 is 2.23 bits per heavy atom. The van der Waals surface area contributed by atoms with E-state index >= 15 is 0 Å². The lowest BCUT2D eigenvalue weighted by molar-refractivity contribution is -0.143. The van der Waals surface area contributed by atoms with Gasteiger partial charge in [0.05, 0.1) is 11.8 Å². The molecule has 2 aromatic carbocycles. The van der Waals surface area contributed by atoms with Crippen molar-refractivity contribution in [3.8, 4) is 0 Å². The Kier molecular flexibility index (Phi) is 4.19. The molecule has 0 aliphatic carbocycles. The maximum absolute atomic E-state index is 11.8. The summed E-state index contributed by atoms with van der Waals surface area (Å²) in [6.07, 6.45) is 0.496. The number of nitrogens with two attached hydrogens (primary N) is 1. The number of benzene rings is 2. The quantitative estimate of drug-likeness (QED) is 0.858. The second kappa shape index (κ2) is 6.43. The van der Waals surface area contributed by atoms with Crippen LogP contribution in [0.25, 0.3) is 0 Å². The highest BCUT2D eigenvalue weighted by Gasteiger charge is 2.35. The molecule has 22 heavy (non-hydrogen) atoms. The number of hydrogen-bond acceptors (Lipinski definition) is 2. The van der Waals surface area contributed by atoms with Crippen molar-refractivity contribution in [3.63, 3.8) is 0 Å². The molecule has 0 saturated heterocycles. The Labute approximate surface area is 131 Å². The molecule has 3 N–H and O–H groups in total. The van der Waals surface area contributed by atoms with Crippen molar-refractivity contribution in [1.82, 2.24) is 0 Å². The van der Waals surface area contributed by atoms with Crippen LogP contribution >= 0.6 is 0 Å². The number of carboxylic acids is 1. The first-order valence-corrected chi connectivity index (χ1v) is 7.03. The van der Waals surface area contributed by atoms with Crippen molar-refractivity contribution in [2.24, 2.45) is 5.73 Å². The molecule has 1 amide bonds. The van der Waals surface area contributed by atoms with Crippen LogP contribution in [0.2, 0.25) is 1.41 Å². The van der Waals surface area contributed by atoms with Gasteiger partial charge in [-0.05, 0) is 30.0 Å². The standard InChI is InChI=1S/C18H19NO3/c1-18(17(21)22,15-5-3-2-4-6-15)12-14-9-7-13(8-10-14)11-16(19)20/h2-10H,11-12H2,1H3,(H2,19,20)(H,21,22)/i/hD. The number of aliphatic carboxylic acids is 1. The van der Waals surface area contributed by atoms with E-state index in [9.17, 15) is 14.7 Å². The number of hydrogen-bond donors (Lipinski definition) is 2. The molecular formula is C18H19NO3. The number of amides is 1. The van der Waals surface area contributed by atoms with E-state index in [-0.39, 0.29) is 12.3 Å². The fourth-order valence-electron chi connectivity index (χ4n) is 2.48. The minimum absolute atomic E-state index is 0.138. The first kappa shape index (κ1) is 14.3. The van der Waals surface area contributed by atoms with Gasteiger partial charge in [0.25, 0.3) is 0 Å². The van der Waals surface area contributed by atoms with Crippen LogP contribution in [-0.4, -0.2) is 17.0 Å². The maximum atomic E-state index is 11.8. The predicted octanol–water partition coefficient (Wildman–Crippen LogP) is 2.30. The summed E-state index contributed by atoms with van der Waals surface area (Å²) in [6, 6.07) is 16.4. The summed E-state index contributed by atoms with van der Waals surface area (Å²) in [7, 11) is 0. The largest absolute Gasteiger partial charge is 0.481 e. The molecule has 4 nitrogen and oxygen atoms in total. The van der Waals surface area contributed by atoms with Gasteiger partial charge in [-0.3, -0.25) is 9.59 Å². The SMILES string of the molecule is [2H]NC(=O)Cc1ccc(CC(C)(C(=O)O)c2ccccc2)cc1. The monoisotopic (exact) mass is 298 g/mol. The van der Waals surface area contributed by atoms with Crippen LogP contribution in [0, 0.1) is 0 Å². The van der Waals surface area contributed by atoms with Crippen LogP contribution in [0.15, 0.2) is 54.6 Å². The highest BCUT2D eigenvalue weighted by atomic mass is 16.4. The Bertz CT molecular complexity index is 685. The Balaban J connectivity index is 2.21. The molecule has 1 atom stereocenters. The van der Waals surface area contributed by atoms with Crippen molar-refractivity contribution >= 4 is 11.9 Å². The van der Waals surface area contributed by atoms with Gasteiger partial charge in [0, 0.05) is 0 Å². The molecule has 0 aliphatic rings. The molecule has 2 rings (SSSR count). The van der Waals surface area contributed by atoms with Crippen LogP contribution < -0.4 is 5.73 Å². The highest BCUT2D eigenvalue weighted by Crippen LogP contribution is 2.28. The van der Waals surface area contributed by atoms with Gasteiger partial charge in [0.15, 0.2) is 1.41 Å². The molecule has 0 bridgehead atoms. The zero-order valence-electron chi connectivity index (χ0n) is 13.4. The second-order valence-corrected chi connectivity index (χ2v) is 5.60. The zero-order chi connectivity index (χ0) is 16.9. The summed E-state index contributed by atoms with van der Waals surface area (Å²) in [6.45, 7) is 1.71. The number of carbonyl (C=O) groups is 2. The van der Waals surface area contributed by atoms with Crippen LogP contribution in [0.5, 0.6) is 0 Å². The van der Waals surface area contributed by atoms with E-state index < -0.39 is 11.4 Å². The lowest BCUT2D eigenvalue weighted by Crippen LogP contribution is -2.34. The molecule has 2 aromatic rings. The Morgan fingerprint density at radius 2 is 1.68 bits per heavy atom. The van der Waals surface area contributed by atoms with Crippen molar-refractivity contribution in [2.75, 3.05) is 0 Å². The van der Waals surface area contributed by atoms with Crippen molar-refractivity contribution < 1.29 is 16.1 Å². The average molecular weight is 298 g/mol. The van der Waals surface area contributed by atoms with Gasteiger partial charge >= 0.3 is 5.97 Å². The van der Waals surface area contributed by atoms with Crippen molar-refractivity contribution in [1.29, 1.82) is 0 Å². The van der Waals surface area contributed by atoms with Gasteiger partial charge in [-0.25, -0.2) is 0 Å².